The molecule has 0 aliphatic rings. The normalized spacial score (nSPS) is 12.1. The molecule has 1 N–H and O–H groups in total. The van der Waals surface area contributed by atoms with Crippen molar-refractivity contribution in [2.75, 3.05) is 14.1 Å². The minimum atomic E-state index is -3.63. The molecule has 0 saturated carbocycles. The van der Waals surface area contributed by atoms with E-state index >= 15 is 0 Å². The van der Waals surface area contributed by atoms with Crippen molar-refractivity contribution >= 4 is 25.8 Å². The molecule has 0 fully saturated rings. The minimum absolute atomic E-state index is 0.0775. The molecule has 0 aliphatic carbocycles. The van der Waals surface area contributed by atoms with Crippen LogP contribution in [0.2, 0.25) is 0 Å². The van der Waals surface area contributed by atoms with Crippen LogP contribution < -0.4 is 5.32 Å². The van der Waals surface area contributed by atoms with E-state index in [-0.39, 0.29) is 33.4 Å². The molecule has 0 aliphatic heterocycles. The lowest BCUT2D eigenvalue weighted by molar-refractivity contribution is 0.0922. The highest BCUT2D eigenvalue weighted by atomic mass is 32.2. The summed E-state index contributed by atoms with van der Waals surface area (Å²) in [6, 6.07) is 15.5. The van der Waals surface area contributed by atoms with Crippen LogP contribution >= 0.6 is 0 Å². The van der Waals surface area contributed by atoms with Crippen LogP contribution in [-0.2, 0) is 32.2 Å². The molecule has 10 heteroatoms. The van der Waals surface area contributed by atoms with Crippen molar-refractivity contribution in [1.29, 1.82) is 0 Å². The number of benzene rings is 2. The second kappa shape index (κ2) is 9.04. The maximum atomic E-state index is 12.6. The first-order valence-corrected chi connectivity index (χ1v) is 12.3. The van der Waals surface area contributed by atoms with E-state index in [4.69, 9.17) is 4.42 Å². The molecule has 31 heavy (non-hydrogen) atoms. The van der Waals surface area contributed by atoms with Gasteiger partial charge in [-0.15, -0.1) is 0 Å². The van der Waals surface area contributed by atoms with Crippen molar-refractivity contribution < 1.29 is 26.0 Å². The molecule has 0 spiro atoms. The van der Waals surface area contributed by atoms with E-state index in [9.17, 15) is 21.6 Å². The average molecular weight is 463 g/mol. The van der Waals surface area contributed by atoms with Crippen molar-refractivity contribution in [2.45, 2.75) is 22.1 Å². The van der Waals surface area contributed by atoms with Crippen LogP contribution in [0.25, 0.3) is 0 Å². The van der Waals surface area contributed by atoms with Crippen LogP contribution in [0, 0.1) is 0 Å². The van der Waals surface area contributed by atoms with Gasteiger partial charge < -0.3 is 9.73 Å². The molecule has 0 unspecified atom stereocenters. The third-order valence-electron chi connectivity index (χ3n) is 4.56. The number of hydrogen-bond acceptors (Lipinski definition) is 6. The number of nitrogens with one attached hydrogen (secondary N) is 1. The van der Waals surface area contributed by atoms with Crippen molar-refractivity contribution in [3.05, 3.63) is 83.8 Å². The van der Waals surface area contributed by atoms with Crippen molar-refractivity contribution in [2.24, 2.45) is 0 Å². The Morgan fingerprint density at radius 2 is 1.55 bits per heavy atom. The summed E-state index contributed by atoms with van der Waals surface area (Å²) >= 11 is 0. The Morgan fingerprint density at radius 3 is 2.16 bits per heavy atom. The SMILES string of the molecule is CN(C)S(=O)(=O)c1ccc(CNC(=O)c2occc2CS(=O)(=O)c2ccccc2)cc1. The monoisotopic (exact) mass is 462 g/mol. The van der Waals surface area contributed by atoms with Crippen molar-refractivity contribution in [3.63, 3.8) is 0 Å². The summed E-state index contributed by atoms with van der Waals surface area (Å²) in [5, 5.41) is 2.66. The van der Waals surface area contributed by atoms with Gasteiger partial charge in [0, 0.05) is 26.2 Å². The number of carbonyl (C=O) groups excluding carboxylic acids is 1. The lowest BCUT2D eigenvalue weighted by atomic mass is 10.2. The number of amides is 1. The van der Waals surface area contributed by atoms with Crippen LogP contribution in [0.15, 0.2) is 81.1 Å². The molecule has 3 rings (SSSR count). The topological polar surface area (TPSA) is 114 Å². The van der Waals surface area contributed by atoms with E-state index in [0.717, 1.165) is 4.31 Å². The van der Waals surface area contributed by atoms with Gasteiger partial charge in [0.2, 0.25) is 10.0 Å². The average Bonchev–Trinajstić information content (AvgIpc) is 3.20. The standard InChI is InChI=1S/C21H22N2O6S2/c1-23(2)31(27,28)19-10-8-16(9-11-19)14-22-21(24)20-17(12-13-29-20)15-30(25,26)18-6-4-3-5-7-18/h3-13H,14-15H2,1-2H3,(H,22,24). The molecule has 8 nitrogen and oxygen atoms in total. The summed E-state index contributed by atoms with van der Waals surface area (Å²) < 4.78 is 55.7. The molecule has 1 heterocycles. The van der Waals surface area contributed by atoms with E-state index in [1.54, 1.807) is 30.3 Å². The smallest absolute Gasteiger partial charge is 0.287 e. The molecule has 1 amide bonds. The molecular formula is C21H22N2O6S2. The highest BCUT2D eigenvalue weighted by Crippen LogP contribution is 2.20. The van der Waals surface area contributed by atoms with Crippen LogP contribution in [0.5, 0.6) is 0 Å². The Kier molecular flexibility index (Phi) is 6.63. The molecule has 164 valence electrons. The van der Waals surface area contributed by atoms with Gasteiger partial charge in [0.15, 0.2) is 15.6 Å². The summed E-state index contributed by atoms with van der Waals surface area (Å²) in [5.74, 6) is -1.01. The summed E-state index contributed by atoms with van der Waals surface area (Å²) in [6.07, 6.45) is 1.27. The third kappa shape index (κ3) is 5.22. The zero-order valence-corrected chi connectivity index (χ0v) is 18.6. The summed E-state index contributed by atoms with van der Waals surface area (Å²) in [5.41, 5.74) is 0.935. The number of hydrogen-bond donors (Lipinski definition) is 1. The van der Waals surface area contributed by atoms with Crippen LogP contribution in [-0.4, -0.2) is 41.1 Å². The van der Waals surface area contributed by atoms with E-state index in [1.165, 1.54) is 50.7 Å². The van der Waals surface area contributed by atoms with E-state index in [1.807, 2.05) is 0 Å². The first-order chi connectivity index (χ1) is 14.6. The first-order valence-electron chi connectivity index (χ1n) is 9.25. The van der Waals surface area contributed by atoms with Gasteiger partial charge in [-0.2, -0.15) is 0 Å². The highest BCUT2D eigenvalue weighted by Gasteiger charge is 2.22. The maximum absolute atomic E-state index is 12.6. The zero-order valence-electron chi connectivity index (χ0n) is 17.0. The van der Waals surface area contributed by atoms with E-state index < -0.39 is 25.8 Å². The second-order valence-corrected chi connectivity index (χ2v) is 11.1. The highest BCUT2D eigenvalue weighted by molar-refractivity contribution is 7.90. The lowest BCUT2D eigenvalue weighted by Gasteiger charge is -2.12. The van der Waals surface area contributed by atoms with Crippen LogP contribution in [0.1, 0.15) is 21.7 Å². The molecule has 0 saturated heterocycles. The van der Waals surface area contributed by atoms with Crippen molar-refractivity contribution in [3.8, 4) is 0 Å². The molecular weight excluding hydrogens is 440 g/mol. The summed E-state index contributed by atoms with van der Waals surface area (Å²) in [7, 11) is -4.27. The molecule has 1 aromatic heterocycles. The van der Waals surface area contributed by atoms with Crippen molar-refractivity contribution in [1.82, 2.24) is 9.62 Å². The third-order valence-corrected chi connectivity index (χ3v) is 8.07. The van der Waals surface area contributed by atoms with Gasteiger partial charge in [0.1, 0.15) is 0 Å². The Morgan fingerprint density at radius 1 is 0.903 bits per heavy atom. The van der Waals surface area contributed by atoms with Gasteiger partial charge in [-0.3, -0.25) is 4.79 Å². The fourth-order valence-electron chi connectivity index (χ4n) is 2.82. The zero-order chi connectivity index (χ0) is 22.6. The minimum Gasteiger partial charge on any atom is -0.459 e. The van der Waals surface area contributed by atoms with Gasteiger partial charge in [-0.25, -0.2) is 21.1 Å². The second-order valence-electron chi connectivity index (χ2n) is 6.96. The Bertz CT molecular complexity index is 1260. The molecule has 3 aromatic rings. The quantitative estimate of drug-likeness (QED) is 0.550. The number of carbonyl (C=O) groups is 1. The summed E-state index contributed by atoms with van der Waals surface area (Å²) in [4.78, 5) is 12.8. The predicted octanol–water partition coefficient (Wildman–Crippen LogP) is 2.43. The fraction of sp³-hybridized carbons (Fsp3) is 0.190. The van der Waals surface area contributed by atoms with Crippen LogP contribution in [0.4, 0.5) is 0 Å². The van der Waals surface area contributed by atoms with Gasteiger partial charge in [0.25, 0.3) is 5.91 Å². The van der Waals surface area contributed by atoms with Gasteiger partial charge in [0.05, 0.1) is 21.8 Å². The van der Waals surface area contributed by atoms with E-state index in [2.05, 4.69) is 5.32 Å². The van der Waals surface area contributed by atoms with Gasteiger partial charge in [-0.05, 0) is 35.9 Å². The van der Waals surface area contributed by atoms with E-state index in [0.29, 0.717) is 5.56 Å². The summed E-state index contributed by atoms with van der Waals surface area (Å²) in [6.45, 7) is 0.118. The van der Waals surface area contributed by atoms with Gasteiger partial charge >= 0.3 is 0 Å². The van der Waals surface area contributed by atoms with Crippen LogP contribution in [0.3, 0.4) is 0 Å². The van der Waals surface area contributed by atoms with Gasteiger partial charge in [-0.1, -0.05) is 30.3 Å². The molecule has 0 radical (unpaired) electrons. The number of nitrogens with zero attached hydrogens (tertiary/aromatic N) is 1. The Labute approximate surface area is 181 Å². The number of sulfone groups is 1. The largest absolute Gasteiger partial charge is 0.459 e. The number of sulfonamides is 1. The lowest BCUT2D eigenvalue weighted by Crippen LogP contribution is -2.24. The first kappa shape index (κ1) is 22.7. The molecule has 2 aromatic carbocycles. The molecule has 0 atom stereocenters. The molecule has 0 bridgehead atoms. The predicted molar refractivity (Wildman–Crippen MR) is 115 cm³/mol. The maximum Gasteiger partial charge on any atom is 0.287 e. The Hall–Kier alpha value is -2.95. The fourth-order valence-corrected chi connectivity index (χ4v) is 5.09. The number of rotatable bonds is 8. The Balaban J connectivity index is 1.68. The number of furan rings is 1.